The molecule has 6 heteroatoms. The zero-order valence-corrected chi connectivity index (χ0v) is 15.2. The molecule has 1 unspecified atom stereocenters. The molecule has 0 aliphatic heterocycles. The topological polar surface area (TPSA) is 62.6 Å². The zero-order valence-electron chi connectivity index (χ0n) is 14.4. The monoisotopic (exact) mass is 360 g/mol. The van der Waals surface area contributed by atoms with Crippen LogP contribution in [0.25, 0.3) is 0 Å². The summed E-state index contributed by atoms with van der Waals surface area (Å²) in [7, 11) is 1.80. The minimum absolute atomic E-state index is 0.121. The number of quaternary nitrogens is 1. The number of para-hydroxylation sites is 2. The molecule has 5 nitrogen and oxygen atoms in total. The van der Waals surface area contributed by atoms with Crippen molar-refractivity contribution in [2.24, 2.45) is 0 Å². The van der Waals surface area contributed by atoms with Crippen molar-refractivity contribution in [3.05, 3.63) is 59.1 Å². The average Bonchev–Trinajstić information content (AvgIpc) is 2.57. The van der Waals surface area contributed by atoms with E-state index in [0.29, 0.717) is 10.7 Å². The first-order valence-corrected chi connectivity index (χ1v) is 8.60. The molecule has 2 rings (SSSR count). The number of benzene rings is 2. The molecule has 0 fully saturated rings. The molecule has 0 aliphatic carbocycles. The van der Waals surface area contributed by atoms with Crippen LogP contribution in [0.2, 0.25) is 5.02 Å². The predicted octanol–water partition coefficient (Wildman–Crippen LogP) is 1.99. The van der Waals surface area contributed by atoms with Crippen LogP contribution >= 0.6 is 11.6 Å². The van der Waals surface area contributed by atoms with Gasteiger partial charge in [-0.25, -0.2) is 0 Å². The maximum atomic E-state index is 12.2. The number of hydrogen-bond acceptors (Lipinski definition) is 2. The fourth-order valence-electron chi connectivity index (χ4n) is 2.51. The van der Waals surface area contributed by atoms with E-state index in [0.717, 1.165) is 22.6 Å². The minimum Gasteiger partial charge on any atom is -0.322 e. The molecule has 3 N–H and O–H groups in total. The molecule has 2 aromatic carbocycles. The van der Waals surface area contributed by atoms with Crippen LogP contribution in [-0.2, 0) is 16.0 Å². The highest BCUT2D eigenvalue weighted by Gasteiger charge is 2.15. The van der Waals surface area contributed by atoms with E-state index in [1.807, 2.05) is 31.2 Å². The number of amides is 2. The lowest BCUT2D eigenvalue weighted by Gasteiger charge is -2.15. The highest BCUT2D eigenvalue weighted by Crippen LogP contribution is 2.19. The fraction of sp³-hybridized carbons (Fsp3) is 0.263. The van der Waals surface area contributed by atoms with Gasteiger partial charge >= 0.3 is 0 Å². The molecule has 1 atom stereocenters. The molecular formula is C19H23ClN3O2+. The van der Waals surface area contributed by atoms with Gasteiger partial charge < -0.3 is 15.5 Å². The summed E-state index contributed by atoms with van der Waals surface area (Å²) in [6.45, 7) is 2.42. The Morgan fingerprint density at radius 2 is 1.44 bits per heavy atom. The third-order valence-electron chi connectivity index (χ3n) is 3.74. The summed E-state index contributed by atoms with van der Waals surface area (Å²) < 4.78 is 0. The molecule has 25 heavy (non-hydrogen) atoms. The lowest BCUT2D eigenvalue weighted by Crippen LogP contribution is -3.11. The molecule has 0 bridgehead atoms. The first kappa shape index (κ1) is 19.0. The maximum Gasteiger partial charge on any atom is 0.279 e. The Balaban J connectivity index is 1.85. The standard InChI is InChI=1S/C19H22ClN3O2/c1-3-14-8-4-6-10-16(14)21-18(24)12-23(2)13-19(25)22-17-11-7-5-9-15(17)20/h4-11H,3,12-13H2,1-2H3,(H,21,24)(H,22,25)/p+1. The van der Waals surface area contributed by atoms with Crippen LogP contribution in [0.15, 0.2) is 48.5 Å². The van der Waals surface area contributed by atoms with Crippen LogP contribution in [0.4, 0.5) is 11.4 Å². The van der Waals surface area contributed by atoms with Gasteiger partial charge in [-0.15, -0.1) is 0 Å². The normalized spacial score (nSPS) is 11.6. The number of hydrogen-bond donors (Lipinski definition) is 3. The fourth-order valence-corrected chi connectivity index (χ4v) is 2.70. The number of rotatable bonds is 7. The van der Waals surface area contributed by atoms with Crippen LogP contribution in [0, 0.1) is 0 Å². The molecule has 0 spiro atoms. The van der Waals surface area contributed by atoms with Gasteiger partial charge in [-0.05, 0) is 30.2 Å². The van der Waals surface area contributed by atoms with Crippen LogP contribution in [0.5, 0.6) is 0 Å². The van der Waals surface area contributed by atoms with Crippen molar-refractivity contribution in [1.29, 1.82) is 0 Å². The van der Waals surface area contributed by atoms with Crippen LogP contribution < -0.4 is 15.5 Å². The summed E-state index contributed by atoms with van der Waals surface area (Å²) in [6.07, 6.45) is 0.847. The molecule has 0 aliphatic rings. The Bertz CT molecular complexity index is 749. The molecule has 0 radical (unpaired) electrons. The van der Waals surface area contributed by atoms with Crippen LogP contribution in [-0.4, -0.2) is 32.0 Å². The van der Waals surface area contributed by atoms with Gasteiger partial charge in [0.05, 0.1) is 17.8 Å². The van der Waals surface area contributed by atoms with Crippen molar-refractivity contribution < 1.29 is 14.5 Å². The highest BCUT2D eigenvalue weighted by atomic mass is 35.5. The summed E-state index contributed by atoms with van der Waals surface area (Å²) >= 11 is 6.02. The van der Waals surface area contributed by atoms with Gasteiger partial charge in [0.1, 0.15) is 0 Å². The Hall–Kier alpha value is -2.37. The largest absolute Gasteiger partial charge is 0.322 e. The van der Waals surface area contributed by atoms with Crippen molar-refractivity contribution in [2.75, 3.05) is 30.8 Å². The Labute approximate surface area is 153 Å². The smallest absolute Gasteiger partial charge is 0.279 e. The second kappa shape index (κ2) is 9.20. The van der Waals surface area contributed by atoms with Gasteiger partial charge in [0, 0.05) is 5.69 Å². The van der Waals surface area contributed by atoms with Gasteiger partial charge in [-0.3, -0.25) is 9.59 Å². The molecule has 2 aromatic rings. The molecule has 0 saturated carbocycles. The van der Waals surface area contributed by atoms with E-state index in [2.05, 4.69) is 10.6 Å². The van der Waals surface area contributed by atoms with Gasteiger partial charge in [0.25, 0.3) is 11.8 Å². The van der Waals surface area contributed by atoms with E-state index in [1.54, 1.807) is 31.3 Å². The first-order valence-electron chi connectivity index (χ1n) is 8.23. The number of nitrogens with one attached hydrogen (secondary N) is 3. The first-order chi connectivity index (χ1) is 12.0. The van der Waals surface area contributed by atoms with E-state index >= 15 is 0 Å². The van der Waals surface area contributed by atoms with E-state index in [1.165, 1.54) is 0 Å². The Kier molecular flexibility index (Phi) is 6.98. The lowest BCUT2D eigenvalue weighted by atomic mass is 10.1. The van der Waals surface area contributed by atoms with Crippen molar-refractivity contribution in [1.82, 2.24) is 0 Å². The maximum absolute atomic E-state index is 12.2. The summed E-state index contributed by atoms with van der Waals surface area (Å²) in [6, 6.07) is 14.8. The third-order valence-corrected chi connectivity index (χ3v) is 4.07. The molecule has 0 saturated heterocycles. The van der Waals surface area contributed by atoms with Gasteiger partial charge in [0.2, 0.25) is 0 Å². The van der Waals surface area contributed by atoms with E-state index in [4.69, 9.17) is 11.6 Å². The van der Waals surface area contributed by atoms with Crippen LogP contribution in [0.3, 0.4) is 0 Å². The van der Waals surface area contributed by atoms with E-state index in [9.17, 15) is 9.59 Å². The van der Waals surface area contributed by atoms with E-state index < -0.39 is 0 Å². The molecule has 0 aromatic heterocycles. The highest BCUT2D eigenvalue weighted by molar-refractivity contribution is 6.33. The molecule has 0 heterocycles. The minimum atomic E-state index is -0.188. The quantitative estimate of drug-likeness (QED) is 0.707. The number of anilines is 2. The summed E-state index contributed by atoms with van der Waals surface area (Å²) in [5.41, 5.74) is 2.48. The second-order valence-corrected chi connectivity index (χ2v) is 6.30. The van der Waals surface area contributed by atoms with Crippen molar-refractivity contribution in [2.45, 2.75) is 13.3 Å². The third kappa shape index (κ3) is 5.89. The van der Waals surface area contributed by atoms with Crippen molar-refractivity contribution in [3.8, 4) is 0 Å². The van der Waals surface area contributed by atoms with Crippen LogP contribution in [0.1, 0.15) is 12.5 Å². The second-order valence-electron chi connectivity index (χ2n) is 5.90. The number of halogens is 1. The predicted molar refractivity (Wildman–Crippen MR) is 101 cm³/mol. The number of carbonyl (C=O) groups excluding carboxylic acids is 2. The van der Waals surface area contributed by atoms with Gasteiger partial charge in [0.15, 0.2) is 13.1 Å². The summed E-state index contributed by atoms with van der Waals surface area (Å²) in [5, 5.41) is 6.16. The zero-order chi connectivity index (χ0) is 18.2. The molecular weight excluding hydrogens is 338 g/mol. The number of carbonyl (C=O) groups is 2. The van der Waals surface area contributed by atoms with Gasteiger partial charge in [-0.2, -0.15) is 0 Å². The average molecular weight is 361 g/mol. The van der Waals surface area contributed by atoms with Crippen molar-refractivity contribution in [3.63, 3.8) is 0 Å². The number of likely N-dealkylation sites (N-methyl/N-ethyl adjacent to an activating group) is 1. The van der Waals surface area contributed by atoms with Gasteiger partial charge in [-0.1, -0.05) is 48.9 Å². The molecule has 132 valence electrons. The van der Waals surface area contributed by atoms with E-state index in [-0.39, 0.29) is 24.9 Å². The number of aryl methyl sites for hydroxylation is 1. The molecule has 2 amide bonds. The lowest BCUT2D eigenvalue weighted by molar-refractivity contribution is -0.862. The SMILES string of the molecule is CCc1ccccc1NC(=O)C[NH+](C)CC(=O)Nc1ccccc1Cl. The Morgan fingerprint density at radius 3 is 2.04 bits per heavy atom. The van der Waals surface area contributed by atoms with Crippen molar-refractivity contribution >= 4 is 34.8 Å². The summed E-state index contributed by atoms with van der Waals surface area (Å²) in [4.78, 5) is 25.1. The Morgan fingerprint density at radius 1 is 0.920 bits per heavy atom. The summed E-state index contributed by atoms with van der Waals surface area (Å²) in [5.74, 6) is -0.309.